The van der Waals surface area contributed by atoms with Gasteiger partial charge in [-0.2, -0.15) is 0 Å². The summed E-state index contributed by atoms with van der Waals surface area (Å²) >= 11 is 0. The van der Waals surface area contributed by atoms with Crippen LogP contribution >= 0.6 is 0 Å². The zero-order chi connectivity index (χ0) is 20.8. The highest BCUT2D eigenvalue weighted by atomic mass is 16.5. The molecule has 3 rings (SSSR count). The van der Waals surface area contributed by atoms with Crippen molar-refractivity contribution >= 4 is 17.4 Å². The number of hydrogen-bond donors (Lipinski definition) is 1. The van der Waals surface area contributed by atoms with Crippen molar-refractivity contribution < 1.29 is 24.2 Å². The molecule has 0 aromatic heterocycles. The highest BCUT2D eigenvalue weighted by molar-refractivity contribution is 6.12. The number of esters is 1. The summed E-state index contributed by atoms with van der Waals surface area (Å²) in [6.07, 6.45) is 6.26. The SMILES string of the molecule is CCOC(=O)/C=C1\C=CC(C(=O)c2ccccc2O)=CN1c1ccc(OC)cc1. The predicted molar refractivity (Wildman–Crippen MR) is 110 cm³/mol. The molecule has 2 aromatic rings. The van der Waals surface area contributed by atoms with Crippen LogP contribution in [-0.2, 0) is 9.53 Å². The maximum atomic E-state index is 12.9. The van der Waals surface area contributed by atoms with E-state index in [0.29, 0.717) is 17.0 Å². The quantitative estimate of drug-likeness (QED) is 0.456. The number of phenolic OH excluding ortho intramolecular Hbond substituents is 1. The molecule has 1 N–H and O–H groups in total. The van der Waals surface area contributed by atoms with Crippen LogP contribution in [0.1, 0.15) is 17.3 Å². The predicted octanol–water partition coefficient (Wildman–Crippen LogP) is 3.99. The lowest BCUT2D eigenvalue weighted by Gasteiger charge is -2.26. The van der Waals surface area contributed by atoms with E-state index in [9.17, 15) is 14.7 Å². The third kappa shape index (κ3) is 4.55. The van der Waals surface area contributed by atoms with Gasteiger partial charge in [-0.1, -0.05) is 12.1 Å². The third-order valence-electron chi connectivity index (χ3n) is 4.29. The fraction of sp³-hybridized carbons (Fsp3) is 0.130. The molecule has 0 aliphatic carbocycles. The van der Waals surface area contributed by atoms with E-state index in [0.717, 1.165) is 5.69 Å². The van der Waals surface area contributed by atoms with Crippen LogP contribution in [0.15, 0.2) is 84.2 Å². The molecule has 29 heavy (non-hydrogen) atoms. The Kier molecular flexibility index (Phi) is 6.14. The van der Waals surface area contributed by atoms with Crippen LogP contribution in [0.25, 0.3) is 0 Å². The minimum absolute atomic E-state index is 0.0874. The van der Waals surface area contributed by atoms with E-state index in [1.165, 1.54) is 12.1 Å². The van der Waals surface area contributed by atoms with Gasteiger partial charge in [0.2, 0.25) is 0 Å². The Morgan fingerprint density at radius 1 is 1.07 bits per heavy atom. The molecular formula is C23H21NO5. The first-order valence-corrected chi connectivity index (χ1v) is 9.07. The molecule has 6 heteroatoms. The smallest absolute Gasteiger partial charge is 0.332 e. The normalized spacial score (nSPS) is 14.5. The maximum absolute atomic E-state index is 12.9. The second-order valence-corrected chi connectivity index (χ2v) is 6.15. The Hall–Kier alpha value is -3.80. The number of aromatic hydroxyl groups is 1. The third-order valence-corrected chi connectivity index (χ3v) is 4.29. The standard InChI is InChI=1S/C23H21NO5/c1-3-29-22(26)14-18-9-8-16(23(27)20-6-4-5-7-21(20)25)15-24(18)17-10-12-19(28-2)13-11-17/h4-15,25H,3H2,1-2H3/b18-14+. The van der Waals surface area contributed by atoms with E-state index in [1.807, 2.05) is 12.1 Å². The van der Waals surface area contributed by atoms with E-state index in [2.05, 4.69) is 0 Å². The number of anilines is 1. The highest BCUT2D eigenvalue weighted by Crippen LogP contribution is 2.29. The van der Waals surface area contributed by atoms with Crippen LogP contribution in [0, 0.1) is 0 Å². The van der Waals surface area contributed by atoms with Crippen molar-refractivity contribution in [1.29, 1.82) is 0 Å². The number of para-hydroxylation sites is 1. The summed E-state index contributed by atoms with van der Waals surface area (Å²) in [4.78, 5) is 26.6. The number of rotatable bonds is 6. The Labute approximate surface area is 169 Å². The number of phenols is 1. The van der Waals surface area contributed by atoms with E-state index in [1.54, 1.807) is 67.6 Å². The Morgan fingerprint density at radius 3 is 2.45 bits per heavy atom. The molecule has 0 spiro atoms. The molecule has 0 atom stereocenters. The number of Topliss-reactive ketones (excluding diaryl/α,β-unsaturated/α-hetero) is 1. The molecule has 0 saturated carbocycles. The van der Waals surface area contributed by atoms with Crippen molar-refractivity contribution in [1.82, 2.24) is 0 Å². The second-order valence-electron chi connectivity index (χ2n) is 6.15. The fourth-order valence-corrected chi connectivity index (χ4v) is 2.86. The molecule has 0 unspecified atom stereocenters. The highest BCUT2D eigenvalue weighted by Gasteiger charge is 2.21. The molecule has 148 valence electrons. The fourth-order valence-electron chi connectivity index (χ4n) is 2.86. The summed E-state index contributed by atoms with van der Waals surface area (Å²) in [6, 6.07) is 13.6. The van der Waals surface area contributed by atoms with Gasteiger partial charge in [-0.25, -0.2) is 4.79 Å². The lowest BCUT2D eigenvalue weighted by Crippen LogP contribution is -2.21. The van der Waals surface area contributed by atoms with Crippen molar-refractivity contribution in [2.45, 2.75) is 6.92 Å². The Balaban J connectivity index is 2.01. The number of hydrogen-bond acceptors (Lipinski definition) is 6. The van der Waals surface area contributed by atoms with Gasteiger partial charge in [-0.15, -0.1) is 0 Å². The molecule has 1 aliphatic heterocycles. The number of benzene rings is 2. The lowest BCUT2D eigenvalue weighted by atomic mass is 10.00. The van der Waals surface area contributed by atoms with Gasteiger partial charge in [0.25, 0.3) is 0 Å². The topological polar surface area (TPSA) is 76.1 Å². The number of ketones is 1. The van der Waals surface area contributed by atoms with Gasteiger partial charge in [-0.05, 0) is 55.5 Å². The van der Waals surface area contributed by atoms with Gasteiger partial charge in [0.1, 0.15) is 11.5 Å². The summed E-state index contributed by atoms with van der Waals surface area (Å²) in [5.41, 5.74) is 1.84. The Morgan fingerprint density at radius 2 is 1.79 bits per heavy atom. The number of carbonyl (C=O) groups excluding carboxylic acids is 2. The first-order valence-electron chi connectivity index (χ1n) is 9.07. The van der Waals surface area contributed by atoms with Crippen LogP contribution < -0.4 is 9.64 Å². The molecule has 0 amide bonds. The molecule has 2 aromatic carbocycles. The van der Waals surface area contributed by atoms with E-state index in [-0.39, 0.29) is 23.7 Å². The number of methoxy groups -OCH3 is 1. The van der Waals surface area contributed by atoms with Crippen LogP contribution in [0.4, 0.5) is 5.69 Å². The van der Waals surface area contributed by atoms with Gasteiger partial charge < -0.3 is 19.5 Å². The summed E-state index contributed by atoms with van der Waals surface area (Å²) in [5.74, 6) is -0.204. The van der Waals surface area contributed by atoms with Crippen molar-refractivity contribution in [3.63, 3.8) is 0 Å². The Bertz CT molecular complexity index is 1000. The van der Waals surface area contributed by atoms with Crippen LogP contribution in [0.5, 0.6) is 11.5 Å². The maximum Gasteiger partial charge on any atom is 0.332 e. The first-order chi connectivity index (χ1) is 14.0. The molecule has 0 saturated heterocycles. The molecule has 1 heterocycles. The molecule has 0 fully saturated rings. The average Bonchev–Trinajstić information content (AvgIpc) is 2.74. The molecule has 0 bridgehead atoms. The zero-order valence-corrected chi connectivity index (χ0v) is 16.2. The van der Waals surface area contributed by atoms with Gasteiger partial charge in [0, 0.05) is 23.5 Å². The monoisotopic (exact) mass is 391 g/mol. The van der Waals surface area contributed by atoms with Crippen molar-refractivity contribution in [2.24, 2.45) is 0 Å². The molecule has 1 aliphatic rings. The van der Waals surface area contributed by atoms with Crippen LogP contribution in [0.3, 0.4) is 0 Å². The van der Waals surface area contributed by atoms with E-state index < -0.39 is 5.97 Å². The summed E-state index contributed by atoms with van der Waals surface area (Å²) in [6.45, 7) is 2.00. The van der Waals surface area contributed by atoms with Crippen LogP contribution in [-0.4, -0.2) is 30.6 Å². The van der Waals surface area contributed by atoms with E-state index >= 15 is 0 Å². The minimum atomic E-state index is -0.477. The molecule has 6 nitrogen and oxygen atoms in total. The summed E-state index contributed by atoms with van der Waals surface area (Å²) in [7, 11) is 1.58. The molecular weight excluding hydrogens is 370 g/mol. The number of nitrogens with zero attached hydrogens (tertiary/aromatic N) is 1. The van der Waals surface area contributed by atoms with Crippen molar-refractivity contribution in [3.05, 3.63) is 89.8 Å². The number of allylic oxidation sites excluding steroid dienone is 3. The van der Waals surface area contributed by atoms with Crippen LogP contribution in [0.2, 0.25) is 0 Å². The van der Waals surface area contributed by atoms with Gasteiger partial charge >= 0.3 is 5.97 Å². The first kappa shape index (κ1) is 19.9. The zero-order valence-electron chi connectivity index (χ0n) is 16.2. The van der Waals surface area contributed by atoms with Gasteiger partial charge in [-0.3, -0.25) is 4.79 Å². The summed E-state index contributed by atoms with van der Waals surface area (Å²) in [5, 5.41) is 10.0. The minimum Gasteiger partial charge on any atom is -0.507 e. The number of ether oxygens (including phenoxy) is 2. The van der Waals surface area contributed by atoms with Crippen molar-refractivity contribution in [2.75, 3.05) is 18.6 Å². The second kappa shape index (κ2) is 8.93. The molecule has 0 radical (unpaired) electrons. The average molecular weight is 391 g/mol. The van der Waals surface area contributed by atoms with Gasteiger partial charge in [0.05, 0.1) is 25.0 Å². The van der Waals surface area contributed by atoms with E-state index in [4.69, 9.17) is 9.47 Å². The lowest BCUT2D eigenvalue weighted by molar-refractivity contribution is -0.137. The summed E-state index contributed by atoms with van der Waals surface area (Å²) < 4.78 is 10.2. The van der Waals surface area contributed by atoms with Gasteiger partial charge in [0.15, 0.2) is 5.78 Å². The van der Waals surface area contributed by atoms with Crippen molar-refractivity contribution in [3.8, 4) is 11.5 Å². The number of carbonyl (C=O) groups is 2. The largest absolute Gasteiger partial charge is 0.507 e.